The minimum Gasteiger partial charge on any atom is -0.350 e. The number of rotatable bonds is 4. The quantitative estimate of drug-likeness (QED) is 0.366. The van der Waals surface area contributed by atoms with Crippen molar-refractivity contribution in [1.82, 2.24) is 15.8 Å². The summed E-state index contributed by atoms with van der Waals surface area (Å²) in [6.07, 6.45) is 10.6. The summed E-state index contributed by atoms with van der Waals surface area (Å²) in [5, 5.41) is 9.00. The van der Waals surface area contributed by atoms with E-state index in [4.69, 9.17) is 11.5 Å². The predicted octanol–water partition coefficient (Wildman–Crippen LogP) is 4.59. The molecule has 5 aliphatic rings. The van der Waals surface area contributed by atoms with Gasteiger partial charge in [0.25, 0.3) is 0 Å². The van der Waals surface area contributed by atoms with E-state index in [0.717, 1.165) is 69.3 Å². The molecule has 6 N–H and O–H groups in total. The molecule has 5 amide bonds. The van der Waals surface area contributed by atoms with Crippen LogP contribution in [0.2, 0.25) is 0 Å². The van der Waals surface area contributed by atoms with Gasteiger partial charge in [0.05, 0.1) is 0 Å². The van der Waals surface area contributed by atoms with Crippen molar-refractivity contribution in [3.8, 4) is 0 Å². The third kappa shape index (κ3) is 5.36. The standard InChI is InChI=1S/C31H51N7O3/c1-17-6-9-26(38(16-17)19(3)39)18(2)27-25(35-37-29(33)41)15-24-22-8-7-20-14-21(34-36-28(32)40)10-12-30(20,4)23(22)11-13-31(24,27)5/h17-18,20,22-24,26-27H,6-16H2,1-5H3,(H3,32,36,40)(H3,33,37,41)/b34-21+,35-25+. The number of nitrogens with one attached hydrogen (secondary N) is 2. The largest absolute Gasteiger partial charge is 0.350 e. The van der Waals surface area contributed by atoms with Gasteiger partial charge in [-0.05, 0) is 111 Å². The molecule has 0 bridgehead atoms. The SMILES string of the molecule is CC(=O)N1CC(C)CCC1C(C)C1/C(=N/NC(N)=O)CC2C3CCC4C/C(=N/NC(N)=O)CCC4(C)C3CCC21C. The number of nitrogens with zero attached hydrogens (tertiary/aromatic N) is 3. The first-order valence-corrected chi connectivity index (χ1v) is 15.8. The van der Waals surface area contributed by atoms with E-state index in [0.29, 0.717) is 29.6 Å². The highest BCUT2D eigenvalue weighted by atomic mass is 16.2. The average Bonchev–Trinajstić information content (AvgIpc) is 3.22. The fourth-order valence-corrected chi connectivity index (χ4v) is 10.6. The molecule has 10 nitrogen and oxygen atoms in total. The van der Waals surface area contributed by atoms with Gasteiger partial charge in [-0.15, -0.1) is 0 Å². The van der Waals surface area contributed by atoms with Gasteiger partial charge in [0.1, 0.15) is 0 Å². The number of nitrogens with two attached hydrogens (primary N) is 2. The van der Waals surface area contributed by atoms with Crippen molar-refractivity contribution in [3.05, 3.63) is 0 Å². The van der Waals surface area contributed by atoms with Crippen LogP contribution < -0.4 is 22.3 Å². The molecule has 10 atom stereocenters. The molecule has 4 aliphatic carbocycles. The summed E-state index contributed by atoms with van der Waals surface area (Å²) < 4.78 is 0. The van der Waals surface area contributed by atoms with E-state index in [9.17, 15) is 14.4 Å². The van der Waals surface area contributed by atoms with Gasteiger partial charge in [-0.3, -0.25) is 4.79 Å². The van der Waals surface area contributed by atoms with Crippen LogP contribution in [0.15, 0.2) is 10.2 Å². The Balaban J connectivity index is 1.43. The average molecular weight is 570 g/mol. The second kappa shape index (κ2) is 11.2. The van der Waals surface area contributed by atoms with E-state index in [1.807, 2.05) is 0 Å². The number of hydrogen-bond donors (Lipinski definition) is 4. The van der Waals surface area contributed by atoms with Crippen molar-refractivity contribution in [3.63, 3.8) is 0 Å². The number of urea groups is 2. The minimum absolute atomic E-state index is 0.0557. The molecule has 0 aromatic rings. The van der Waals surface area contributed by atoms with E-state index >= 15 is 0 Å². The van der Waals surface area contributed by atoms with Crippen LogP contribution in [0.1, 0.15) is 98.8 Å². The smallest absolute Gasteiger partial charge is 0.332 e. The summed E-state index contributed by atoms with van der Waals surface area (Å²) in [7, 11) is 0. The summed E-state index contributed by atoms with van der Waals surface area (Å²) in [6, 6.07) is -1.06. The van der Waals surface area contributed by atoms with Crippen LogP contribution in [0.5, 0.6) is 0 Å². The predicted molar refractivity (Wildman–Crippen MR) is 160 cm³/mol. The zero-order chi connectivity index (χ0) is 29.7. The molecular formula is C31H51N7O3. The topological polar surface area (TPSA) is 155 Å². The van der Waals surface area contributed by atoms with E-state index in [-0.39, 0.29) is 34.6 Å². The van der Waals surface area contributed by atoms with Crippen LogP contribution in [0.3, 0.4) is 0 Å². The molecule has 0 radical (unpaired) electrons. The molecule has 10 heteroatoms. The van der Waals surface area contributed by atoms with Gasteiger partial charge in [-0.2, -0.15) is 10.2 Å². The Kier molecular flexibility index (Phi) is 8.16. The molecule has 41 heavy (non-hydrogen) atoms. The monoisotopic (exact) mass is 569 g/mol. The molecule has 0 aromatic carbocycles. The Bertz CT molecular complexity index is 1120. The van der Waals surface area contributed by atoms with E-state index in [2.05, 4.69) is 53.6 Å². The molecule has 228 valence electrons. The van der Waals surface area contributed by atoms with Crippen molar-refractivity contribution >= 4 is 29.4 Å². The van der Waals surface area contributed by atoms with Crippen LogP contribution in [0, 0.1) is 52.3 Å². The molecule has 5 rings (SSSR count). The second-order valence-corrected chi connectivity index (χ2v) is 14.6. The molecule has 1 saturated heterocycles. The van der Waals surface area contributed by atoms with Crippen LogP contribution in [-0.4, -0.2) is 46.9 Å². The van der Waals surface area contributed by atoms with Gasteiger partial charge in [0.2, 0.25) is 5.91 Å². The molecule has 10 unspecified atom stereocenters. The van der Waals surface area contributed by atoms with Crippen molar-refractivity contribution < 1.29 is 14.4 Å². The summed E-state index contributed by atoms with van der Waals surface area (Å²) >= 11 is 0. The molecule has 1 heterocycles. The second-order valence-electron chi connectivity index (χ2n) is 14.6. The van der Waals surface area contributed by atoms with Gasteiger partial charge in [-0.1, -0.05) is 27.7 Å². The number of amides is 5. The molecule has 1 aliphatic heterocycles. The maximum atomic E-state index is 12.8. The highest BCUT2D eigenvalue weighted by molar-refractivity contribution is 5.91. The summed E-state index contributed by atoms with van der Waals surface area (Å²) in [4.78, 5) is 37.8. The zero-order valence-corrected chi connectivity index (χ0v) is 25.6. The highest BCUT2D eigenvalue weighted by Gasteiger charge is 2.63. The van der Waals surface area contributed by atoms with Crippen molar-refractivity contribution in [2.75, 3.05) is 6.54 Å². The lowest BCUT2D eigenvalue weighted by Gasteiger charge is -2.61. The number of piperidine rings is 1. The third-order valence-electron chi connectivity index (χ3n) is 12.5. The summed E-state index contributed by atoms with van der Waals surface area (Å²) in [5.41, 5.74) is 18.2. The first kappa shape index (κ1) is 29.8. The zero-order valence-electron chi connectivity index (χ0n) is 25.6. The van der Waals surface area contributed by atoms with E-state index < -0.39 is 12.1 Å². The van der Waals surface area contributed by atoms with E-state index in [1.54, 1.807) is 6.92 Å². The van der Waals surface area contributed by atoms with Gasteiger partial charge >= 0.3 is 12.1 Å². The van der Waals surface area contributed by atoms with Gasteiger partial charge in [0, 0.05) is 36.9 Å². The lowest BCUT2D eigenvalue weighted by atomic mass is 9.44. The number of hydrogen-bond acceptors (Lipinski definition) is 5. The van der Waals surface area contributed by atoms with Crippen molar-refractivity contribution in [2.45, 2.75) is 105 Å². The lowest BCUT2D eigenvalue weighted by Crippen LogP contribution is -2.56. The fourth-order valence-electron chi connectivity index (χ4n) is 10.6. The molecule has 4 saturated carbocycles. The van der Waals surface area contributed by atoms with Gasteiger partial charge in [-0.25, -0.2) is 20.4 Å². The summed E-state index contributed by atoms with van der Waals surface area (Å²) in [6.45, 7) is 12.0. The Morgan fingerprint density at radius 1 is 0.927 bits per heavy atom. The minimum atomic E-state index is -0.628. The Labute approximate surface area is 244 Å². The summed E-state index contributed by atoms with van der Waals surface area (Å²) in [5.74, 6) is 3.38. The first-order chi connectivity index (χ1) is 19.3. The number of carbonyl (C=O) groups excluding carboxylic acids is 3. The number of hydrazone groups is 2. The van der Waals surface area contributed by atoms with Gasteiger partial charge in [0.15, 0.2) is 0 Å². The maximum absolute atomic E-state index is 12.8. The number of primary amides is 2. The Morgan fingerprint density at radius 3 is 2.32 bits per heavy atom. The van der Waals surface area contributed by atoms with Crippen LogP contribution in [0.4, 0.5) is 9.59 Å². The molecule has 0 spiro atoms. The third-order valence-corrected chi connectivity index (χ3v) is 12.5. The highest BCUT2D eigenvalue weighted by Crippen LogP contribution is 2.68. The normalized spacial score (nSPS) is 43.0. The lowest BCUT2D eigenvalue weighted by molar-refractivity contribution is -0.137. The Hall–Kier alpha value is -2.65. The van der Waals surface area contributed by atoms with Crippen LogP contribution in [-0.2, 0) is 4.79 Å². The van der Waals surface area contributed by atoms with Crippen molar-refractivity contribution in [2.24, 2.45) is 73.9 Å². The molecular weight excluding hydrogens is 518 g/mol. The number of likely N-dealkylation sites (tertiary alicyclic amines) is 1. The maximum Gasteiger partial charge on any atom is 0.332 e. The molecule has 0 aromatic heterocycles. The Morgan fingerprint density at radius 2 is 1.63 bits per heavy atom. The number of carbonyl (C=O) groups is 3. The van der Waals surface area contributed by atoms with Crippen LogP contribution in [0.25, 0.3) is 0 Å². The fraction of sp³-hybridized carbons (Fsp3) is 0.839. The van der Waals surface area contributed by atoms with Gasteiger partial charge < -0.3 is 16.4 Å². The van der Waals surface area contributed by atoms with Crippen molar-refractivity contribution in [1.29, 1.82) is 0 Å². The first-order valence-electron chi connectivity index (χ1n) is 15.8. The molecule has 5 fully saturated rings. The number of fused-ring (bicyclic) bond motifs is 5. The van der Waals surface area contributed by atoms with E-state index in [1.165, 1.54) is 12.8 Å². The van der Waals surface area contributed by atoms with Crippen LogP contribution >= 0.6 is 0 Å².